The van der Waals surface area contributed by atoms with E-state index in [1.54, 1.807) is 11.6 Å². The fourth-order valence-corrected chi connectivity index (χ4v) is 2.47. The second-order valence-corrected chi connectivity index (χ2v) is 5.13. The number of imidazole rings is 1. The van der Waals surface area contributed by atoms with Gasteiger partial charge in [-0.1, -0.05) is 0 Å². The molecule has 0 spiro atoms. The van der Waals surface area contributed by atoms with Gasteiger partial charge in [0.1, 0.15) is 10.4 Å². The maximum Gasteiger partial charge on any atom is 0.355 e. The number of hydrogen-bond acceptors (Lipinski definition) is 3. The third-order valence-corrected chi connectivity index (χ3v) is 3.45. The van der Waals surface area contributed by atoms with Crippen LogP contribution in [-0.4, -0.2) is 34.7 Å². The molecule has 0 aliphatic heterocycles. The fourth-order valence-electron chi connectivity index (χ4n) is 1.86. The summed E-state index contributed by atoms with van der Waals surface area (Å²) in [6.07, 6.45) is 0. The molecular weight excluding hydrogens is 310 g/mol. The summed E-state index contributed by atoms with van der Waals surface area (Å²) in [5.41, 5.74) is 2.10. The van der Waals surface area contributed by atoms with E-state index in [1.165, 1.54) is 0 Å². The Bertz CT molecular complexity index is 618. The van der Waals surface area contributed by atoms with Crippen molar-refractivity contribution in [3.63, 3.8) is 0 Å². The van der Waals surface area contributed by atoms with Crippen LogP contribution in [0.5, 0.6) is 0 Å². The maximum absolute atomic E-state index is 11.1. The number of halogens is 1. The Morgan fingerprint density at radius 2 is 1.89 bits per heavy atom. The monoisotopic (exact) mass is 323 g/mol. The first-order chi connectivity index (χ1) is 8.91. The summed E-state index contributed by atoms with van der Waals surface area (Å²) < 4.78 is 1.91. The van der Waals surface area contributed by atoms with Crippen molar-refractivity contribution >= 4 is 27.6 Å². The van der Waals surface area contributed by atoms with Crippen LogP contribution in [-0.2, 0) is 7.05 Å². The maximum atomic E-state index is 11.1. The largest absolute Gasteiger partial charge is 0.476 e. The molecule has 0 aliphatic carbocycles. The first-order valence-corrected chi connectivity index (χ1v) is 6.44. The lowest BCUT2D eigenvalue weighted by molar-refractivity contribution is 0.0685. The number of nitrogens with zero attached hydrogens (tertiary/aromatic N) is 3. The lowest BCUT2D eigenvalue weighted by Gasteiger charge is -2.12. The Balaban J connectivity index is 2.48. The predicted molar refractivity (Wildman–Crippen MR) is 77.6 cm³/mol. The zero-order chi connectivity index (χ0) is 14.2. The molecule has 0 atom stereocenters. The summed E-state index contributed by atoms with van der Waals surface area (Å²) in [6.45, 7) is 0. The van der Waals surface area contributed by atoms with Crippen molar-refractivity contribution in [1.29, 1.82) is 0 Å². The summed E-state index contributed by atoms with van der Waals surface area (Å²) in [5.74, 6) is -0.382. The number of carbonyl (C=O) groups is 1. The average Bonchev–Trinajstić information content (AvgIpc) is 2.65. The van der Waals surface area contributed by atoms with Crippen LogP contribution in [0.1, 0.15) is 10.5 Å². The molecule has 1 N–H and O–H groups in total. The third-order valence-electron chi connectivity index (χ3n) is 2.90. The van der Waals surface area contributed by atoms with Crippen LogP contribution in [0.4, 0.5) is 5.69 Å². The van der Waals surface area contributed by atoms with Crippen LogP contribution in [0.25, 0.3) is 11.4 Å². The number of aromatic carboxylic acids is 1. The first kappa shape index (κ1) is 13.6. The highest BCUT2D eigenvalue weighted by Crippen LogP contribution is 2.26. The predicted octanol–water partition coefficient (Wildman–Crippen LogP) is 2.61. The standard InChI is InChI=1S/C13H14BrN3O2/c1-16(2)9-6-4-8(5-7-9)12-15-11(14)10(13(18)19)17(12)3/h4-7H,1-3H3,(H,18,19). The molecular formula is C13H14BrN3O2. The Kier molecular flexibility index (Phi) is 3.61. The van der Waals surface area contributed by atoms with E-state index in [4.69, 9.17) is 5.11 Å². The number of aromatic nitrogens is 2. The summed E-state index contributed by atoms with van der Waals surface area (Å²) in [6, 6.07) is 7.79. The second kappa shape index (κ2) is 5.05. The molecule has 5 nitrogen and oxygen atoms in total. The number of benzene rings is 1. The molecule has 0 amide bonds. The Morgan fingerprint density at radius 1 is 1.32 bits per heavy atom. The van der Waals surface area contributed by atoms with Crippen molar-refractivity contribution in [2.75, 3.05) is 19.0 Å². The highest BCUT2D eigenvalue weighted by molar-refractivity contribution is 9.10. The molecule has 0 saturated carbocycles. The molecule has 1 heterocycles. The van der Waals surface area contributed by atoms with Crippen molar-refractivity contribution in [3.8, 4) is 11.4 Å². The SMILES string of the molecule is CN(C)c1ccc(-c2nc(Br)c(C(=O)O)n2C)cc1. The lowest BCUT2D eigenvalue weighted by Crippen LogP contribution is -2.08. The molecule has 0 radical (unpaired) electrons. The topological polar surface area (TPSA) is 58.4 Å². The Labute approximate surface area is 119 Å². The van der Waals surface area contributed by atoms with Gasteiger partial charge in [0.15, 0.2) is 5.69 Å². The van der Waals surface area contributed by atoms with Gasteiger partial charge in [-0.2, -0.15) is 0 Å². The molecule has 19 heavy (non-hydrogen) atoms. The first-order valence-electron chi connectivity index (χ1n) is 5.65. The van der Waals surface area contributed by atoms with Gasteiger partial charge in [-0.25, -0.2) is 9.78 Å². The summed E-state index contributed by atoms with van der Waals surface area (Å²) in [7, 11) is 5.63. The molecule has 0 saturated heterocycles. The van der Waals surface area contributed by atoms with Gasteiger partial charge >= 0.3 is 5.97 Å². The Morgan fingerprint density at radius 3 is 2.32 bits per heavy atom. The molecule has 0 aliphatic rings. The van der Waals surface area contributed by atoms with Crippen LogP contribution in [0.3, 0.4) is 0 Å². The average molecular weight is 324 g/mol. The molecule has 0 unspecified atom stereocenters. The van der Waals surface area contributed by atoms with Crippen molar-refractivity contribution in [2.24, 2.45) is 7.05 Å². The smallest absolute Gasteiger partial charge is 0.355 e. The van der Waals surface area contributed by atoms with Crippen LogP contribution in [0.15, 0.2) is 28.9 Å². The van der Waals surface area contributed by atoms with Gasteiger partial charge in [0, 0.05) is 32.4 Å². The minimum Gasteiger partial charge on any atom is -0.476 e. The van der Waals surface area contributed by atoms with Crippen molar-refractivity contribution in [1.82, 2.24) is 9.55 Å². The fraction of sp³-hybridized carbons (Fsp3) is 0.231. The van der Waals surface area contributed by atoms with Gasteiger partial charge in [-0.15, -0.1) is 0 Å². The van der Waals surface area contributed by atoms with Crippen molar-refractivity contribution in [3.05, 3.63) is 34.6 Å². The summed E-state index contributed by atoms with van der Waals surface area (Å²) in [5, 5.41) is 9.13. The molecule has 1 aromatic carbocycles. The van der Waals surface area contributed by atoms with Gasteiger partial charge < -0.3 is 14.6 Å². The van der Waals surface area contributed by atoms with E-state index in [0.29, 0.717) is 10.4 Å². The van der Waals surface area contributed by atoms with Crippen LogP contribution in [0.2, 0.25) is 0 Å². The molecule has 2 rings (SSSR count). The number of carboxylic acid groups (broad SMARTS) is 1. The second-order valence-electron chi connectivity index (χ2n) is 4.38. The number of rotatable bonds is 3. The van der Waals surface area contributed by atoms with E-state index in [2.05, 4.69) is 20.9 Å². The normalized spacial score (nSPS) is 10.5. The van der Waals surface area contributed by atoms with Crippen LogP contribution in [0, 0.1) is 0 Å². The van der Waals surface area contributed by atoms with E-state index in [9.17, 15) is 4.79 Å². The zero-order valence-electron chi connectivity index (χ0n) is 10.9. The highest BCUT2D eigenvalue weighted by Gasteiger charge is 2.19. The lowest BCUT2D eigenvalue weighted by atomic mass is 10.2. The van der Waals surface area contributed by atoms with Gasteiger partial charge in [-0.3, -0.25) is 0 Å². The van der Waals surface area contributed by atoms with E-state index >= 15 is 0 Å². The van der Waals surface area contributed by atoms with Crippen molar-refractivity contribution in [2.45, 2.75) is 0 Å². The molecule has 1 aromatic heterocycles. The van der Waals surface area contributed by atoms with Crippen LogP contribution >= 0.6 is 15.9 Å². The van der Waals surface area contributed by atoms with Crippen LogP contribution < -0.4 is 4.90 Å². The van der Waals surface area contributed by atoms with Gasteiger partial charge in [-0.05, 0) is 40.2 Å². The van der Waals surface area contributed by atoms with Gasteiger partial charge in [0.25, 0.3) is 0 Å². The van der Waals surface area contributed by atoms with E-state index in [-0.39, 0.29) is 5.69 Å². The molecule has 0 bridgehead atoms. The quantitative estimate of drug-likeness (QED) is 0.943. The number of carboxylic acids is 1. The molecule has 2 aromatic rings. The molecule has 6 heteroatoms. The van der Waals surface area contributed by atoms with E-state index in [1.807, 2.05) is 43.3 Å². The van der Waals surface area contributed by atoms with E-state index in [0.717, 1.165) is 11.3 Å². The zero-order valence-corrected chi connectivity index (χ0v) is 12.5. The highest BCUT2D eigenvalue weighted by atomic mass is 79.9. The number of anilines is 1. The minimum absolute atomic E-state index is 0.145. The van der Waals surface area contributed by atoms with Crippen molar-refractivity contribution < 1.29 is 9.90 Å². The van der Waals surface area contributed by atoms with E-state index < -0.39 is 5.97 Å². The summed E-state index contributed by atoms with van der Waals surface area (Å²) in [4.78, 5) is 17.4. The molecule has 100 valence electrons. The summed E-state index contributed by atoms with van der Waals surface area (Å²) >= 11 is 3.18. The minimum atomic E-state index is -1.00. The third kappa shape index (κ3) is 2.49. The number of hydrogen-bond donors (Lipinski definition) is 1. The molecule has 0 fully saturated rings. The Hall–Kier alpha value is -1.82. The van der Waals surface area contributed by atoms with Gasteiger partial charge in [0.05, 0.1) is 0 Å². The van der Waals surface area contributed by atoms with Gasteiger partial charge in [0.2, 0.25) is 0 Å².